The van der Waals surface area contributed by atoms with Gasteiger partial charge in [-0.25, -0.2) is 0 Å². The molecule has 0 bridgehead atoms. The van der Waals surface area contributed by atoms with Gasteiger partial charge in [0.1, 0.15) is 6.54 Å². The van der Waals surface area contributed by atoms with Crippen molar-refractivity contribution < 1.29 is 9.53 Å². The number of ether oxygens (including phenoxy) is 1. The highest BCUT2D eigenvalue weighted by molar-refractivity contribution is 5.75. The van der Waals surface area contributed by atoms with E-state index in [1.807, 2.05) is 33.8 Å². The second kappa shape index (κ2) is 7.16. The van der Waals surface area contributed by atoms with Crippen LogP contribution < -0.4 is 5.32 Å². The quantitative estimate of drug-likeness (QED) is 0.748. The molecular weight excluding hydrogens is 230 g/mol. The highest BCUT2D eigenvalue weighted by Crippen LogP contribution is 2.00. The first kappa shape index (κ1) is 14.7. The Balaban J connectivity index is 2.20. The van der Waals surface area contributed by atoms with Gasteiger partial charge in [-0.2, -0.15) is 5.10 Å². The Kier molecular flexibility index (Phi) is 5.85. The fourth-order valence-corrected chi connectivity index (χ4v) is 1.65. The van der Waals surface area contributed by atoms with Crippen molar-refractivity contribution in [3.05, 3.63) is 17.5 Å². The molecule has 1 N–H and O–H groups in total. The lowest BCUT2D eigenvalue weighted by molar-refractivity contribution is -0.121. The fraction of sp³-hybridized carbons (Fsp3) is 0.692. The summed E-state index contributed by atoms with van der Waals surface area (Å²) in [6, 6.07) is 1.96. The molecule has 1 amide bonds. The van der Waals surface area contributed by atoms with Crippen LogP contribution in [0.3, 0.4) is 0 Å². The smallest absolute Gasteiger partial charge is 0.241 e. The van der Waals surface area contributed by atoms with Crippen molar-refractivity contribution in [3.63, 3.8) is 0 Å². The molecule has 0 saturated carbocycles. The zero-order valence-electron chi connectivity index (χ0n) is 11.7. The predicted molar refractivity (Wildman–Crippen MR) is 70.4 cm³/mol. The number of aromatic nitrogens is 2. The van der Waals surface area contributed by atoms with Gasteiger partial charge >= 0.3 is 0 Å². The normalized spacial score (nSPS) is 10.9. The van der Waals surface area contributed by atoms with Crippen LogP contribution in [-0.4, -0.2) is 34.9 Å². The van der Waals surface area contributed by atoms with E-state index in [1.165, 1.54) is 0 Å². The number of hydrogen-bond donors (Lipinski definition) is 1. The summed E-state index contributed by atoms with van der Waals surface area (Å²) >= 11 is 0. The third-order valence-corrected chi connectivity index (χ3v) is 2.49. The van der Waals surface area contributed by atoms with Crippen LogP contribution in [0.25, 0.3) is 0 Å². The SMILES string of the molecule is Cc1cc(C)n(CC(=O)NCCCOC(C)C)n1. The number of aryl methyl sites for hydroxylation is 2. The summed E-state index contributed by atoms with van der Waals surface area (Å²) in [6.45, 7) is 9.48. The molecule has 102 valence electrons. The van der Waals surface area contributed by atoms with Crippen molar-refractivity contribution in [1.82, 2.24) is 15.1 Å². The van der Waals surface area contributed by atoms with Crippen LogP contribution >= 0.6 is 0 Å². The molecule has 0 aliphatic carbocycles. The van der Waals surface area contributed by atoms with Crippen LogP contribution in [0.4, 0.5) is 0 Å². The summed E-state index contributed by atoms with van der Waals surface area (Å²) in [6.07, 6.45) is 1.08. The average Bonchev–Trinajstić information content (AvgIpc) is 2.56. The van der Waals surface area contributed by atoms with Gasteiger partial charge < -0.3 is 10.1 Å². The first-order chi connectivity index (χ1) is 8.49. The molecule has 0 unspecified atom stereocenters. The van der Waals surface area contributed by atoms with Gasteiger partial charge in [0.2, 0.25) is 5.91 Å². The third kappa shape index (κ3) is 5.31. The van der Waals surface area contributed by atoms with E-state index in [0.717, 1.165) is 17.8 Å². The minimum absolute atomic E-state index is 0.00857. The molecule has 1 aromatic rings. The van der Waals surface area contributed by atoms with Crippen LogP contribution in [0.1, 0.15) is 31.7 Å². The molecule has 1 heterocycles. The summed E-state index contributed by atoms with van der Waals surface area (Å²) in [7, 11) is 0. The second-order valence-electron chi connectivity index (χ2n) is 4.71. The van der Waals surface area contributed by atoms with E-state index < -0.39 is 0 Å². The molecule has 0 spiro atoms. The zero-order valence-corrected chi connectivity index (χ0v) is 11.7. The molecule has 0 aliphatic rings. The second-order valence-corrected chi connectivity index (χ2v) is 4.71. The molecule has 0 fully saturated rings. The summed E-state index contributed by atoms with van der Waals surface area (Å²) in [4.78, 5) is 11.7. The maximum atomic E-state index is 11.7. The van der Waals surface area contributed by atoms with Crippen molar-refractivity contribution in [2.24, 2.45) is 0 Å². The maximum absolute atomic E-state index is 11.7. The summed E-state index contributed by atoms with van der Waals surface area (Å²) in [5.41, 5.74) is 1.94. The van der Waals surface area contributed by atoms with Gasteiger partial charge in [-0.1, -0.05) is 0 Å². The number of hydrogen-bond acceptors (Lipinski definition) is 3. The predicted octanol–water partition coefficient (Wildman–Crippen LogP) is 1.43. The van der Waals surface area contributed by atoms with Crippen molar-refractivity contribution in [2.75, 3.05) is 13.2 Å². The van der Waals surface area contributed by atoms with Gasteiger partial charge in [-0.15, -0.1) is 0 Å². The van der Waals surface area contributed by atoms with Crippen molar-refractivity contribution in [2.45, 2.75) is 46.8 Å². The molecule has 18 heavy (non-hydrogen) atoms. The Morgan fingerprint density at radius 3 is 2.78 bits per heavy atom. The van der Waals surface area contributed by atoms with Gasteiger partial charge in [-0.3, -0.25) is 9.48 Å². The minimum Gasteiger partial charge on any atom is -0.379 e. The molecule has 0 aliphatic heterocycles. The van der Waals surface area contributed by atoms with Gasteiger partial charge in [0, 0.05) is 18.8 Å². The number of amides is 1. The largest absolute Gasteiger partial charge is 0.379 e. The summed E-state index contributed by atoms with van der Waals surface area (Å²) in [5.74, 6) is -0.00857. The summed E-state index contributed by atoms with van der Waals surface area (Å²) in [5, 5.41) is 7.11. The van der Waals surface area contributed by atoms with Crippen molar-refractivity contribution in [3.8, 4) is 0 Å². The molecule has 0 aromatic carbocycles. The standard InChI is InChI=1S/C13H23N3O2/c1-10(2)18-7-5-6-14-13(17)9-16-12(4)8-11(3)15-16/h8,10H,5-7,9H2,1-4H3,(H,14,17). The summed E-state index contributed by atoms with van der Waals surface area (Å²) < 4.78 is 7.11. The van der Waals surface area contributed by atoms with E-state index in [4.69, 9.17) is 4.74 Å². The Morgan fingerprint density at radius 1 is 1.50 bits per heavy atom. The number of carbonyl (C=O) groups excluding carboxylic acids is 1. The van der Waals surface area contributed by atoms with Crippen molar-refractivity contribution >= 4 is 5.91 Å². The molecule has 1 rings (SSSR count). The van der Waals surface area contributed by atoms with E-state index in [9.17, 15) is 4.79 Å². The first-order valence-corrected chi connectivity index (χ1v) is 6.38. The molecule has 0 radical (unpaired) electrons. The van der Waals surface area contributed by atoms with Gasteiger partial charge in [-0.05, 0) is 40.2 Å². The van der Waals surface area contributed by atoms with Gasteiger partial charge in [0.05, 0.1) is 11.8 Å². The average molecular weight is 253 g/mol. The molecule has 5 heteroatoms. The lowest BCUT2D eigenvalue weighted by atomic mass is 10.4. The van der Waals surface area contributed by atoms with Crippen LogP contribution in [0.15, 0.2) is 6.07 Å². The Morgan fingerprint density at radius 2 is 2.22 bits per heavy atom. The Hall–Kier alpha value is -1.36. The lowest BCUT2D eigenvalue weighted by Gasteiger charge is -2.09. The number of carbonyl (C=O) groups is 1. The number of rotatable bonds is 7. The molecule has 0 atom stereocenters. The van der Waals surface area contributed by atoms with Crippen LogP contribution in [0.5, 0.6) is 0 Å². The number of nitrogens with one attached hydrogen (secondary N) is 1. The topological polar surface area (TPSA) is 56.2 Å². The Labute approximate surface area is 109 Å². The first-order valence-electron chi connectivity index (χ1n) is 6.38. The van der Waals surface area contributed by atoms with Gasteiger partial charge in [0.15, 0.2) is 0 Å². The molecular formula is C13H23N3O2. The van der Waals surface area contributed by atoms with Crippen LogP contribution in [0, 0.1) is 13.8 Å². The van der Waals surface area contributed by atoms with E-state index >= 15 is 0 Å². The number of nitrogens with zero attached hydrogens (tertiary/aromatic N) is 2. The van der Waals surface area contributed by atoms with E-state index in [2.05, 4.69) is 10.4 Å². The molecule has 1 aromatic heterocycles. The fourth-order valence-electron chi connectivity index (χ4n) is 1.65. The lowest BCUT2D eigenvalue weighted by Crippen LogP contribution is -2.29. The Bertz CT molecular complexity index is 386. The third-order valence-electron chi connectivity index (χ3n) is 2.49. The highest BCUT2D eigenvalue weighted by atomic mass is 16.5. The van der Waals surface area contributed by atoms with Gasteiger partial charge in [0.25, 0.3) is 0 Å². The van der Waals surface area contributed by atoms with E-state index in [1.54, 1.807) is 4.68 Å². The van der Waals surface area contributed by atoms with Crippen LogP contribution in [-0.2, 0) is 16.1 Å². The molecule has 5 nitrogen and oxygen atoms in total. The van der Waals surface area contributed by atoms with E-state index in [0.29, 0.717) is 13.2 Å². The zero-order chi connectivity index (χ0) is 13.5. The minimum atomic E-state index is -0.00857. The molecule has 0 saturated heterocycles. The highest BCUT2D eigenvalue weighted by Gasteiger charge is 2.06. The van der Waals surface area contributed by atoms with Crippen LogP contribution in [0.2, 0.25) is 0 Å². The monoisotopic (exact) mass is 253 g/mol. The van der Waals surface area contributed by atoms with Crippen molar-refractivity contribution in [1.29, 1.82) is 0 Å². The maximum Gasteiger partial charge on any atom is 0.241 e. The van der Waals surface area contributed by atoms with E-state index in [-0.39, 0.29) is 18.6 Å².